The van der Waals surface area contributed by atoms with Crippen molar-refractivity contribution in [3.05, 3.63) is 84.4 Å². The van der Waals surface area contributed by atoms with Crippen LogP contribution in [0.15, 0.2) is 78.9 Å². The minimum Gasteiger partial charge on any atom is -0.376 e. The molecule has 0 aliphatic carbocycles. The van der Waals surface area contributed by atoms with Crippen LogP contribution in [0.1, 0.15) is 25.3 Å². The molecule has 0 radical (unpaired) electrons. The molecule has 0 spiro atoms. The second-order valence-electron chi connectivity index (χ2n) is 6.56. The molecule has 3 heteroatoms. The molecule has 0 atom stereocenters. The first-order valence-corrected chi connectivity index (χ1v) is 8.92. The second-order valence-corrected chi connectivity index (χ2v) is 6.56. The van der Waals surface area contributed by atoms with Gasteiger partial charge in [-0.1, -0.05) is 80.6 Å². The van der Waals surface area contributed by atoms with Gasteiger partial charge in [0.05, 0.1) is 6.54 Å². The fraction of sp³-hybridized carbons (Fsp3) is 0.174. The van der Waals surface area contributed by atoms with Gasteiger partial charge in [-0.2, -0.15) is 0 Å². The van der Waals surface area contributed by atoms with Crippen LogP contribution < -0.4 is 10.6 Å². The number of para-hydroxylation sites is 2. The zero-order valence-electron chi connectivity index (χ0n) is 15.2. The van der Waals surface area contributed by atoms with Crippen molar-refractivity contribution in [2.24, 2.45) is 0 Å². The fourth-order valence-electron chi connectivity index (χ4n) is 2.99. The molecule has 132 valence electrons. The molecule has 3 rings (SSSR count). The van der Waals surface area contributed by atoms with Gasteiger partial charge < -0.3 is 10.6 Å². The first kappa shape index (κ1) is 17.7. The summed E-state index contributed by atoms with van der Waals surface area (Å²) in [6, 6.07) is 26.1. The first-order chi connectivity index (χ1) is 12.6. The molecule has 0 bridgehead atoms. The van der Waals surface area contributed by atoms with E-state index in [1.165, 1.54) is 5.56 Å². The van der Waals surface area contributed by atoms with E-state index in [2.05, 4.69) is 30.5 Å². The Morgan fingerprint density at radius 3 is 2.15 bits per heavy atom. The summed E-state index contributed by atoms with van der Waals surface area (Å²) >= 11 is 0. The summed E-state index contributed by atoms with van der Waals surface area (Å²) in [6.45, 7) is 4.53. The van der Waals surface area contributed by atoms with Crippen LogP contribution in [-0.2, 0) is 4.79 Å². The highest BCUT2D eigenvalue weighted by Crippen LogP contribution is 2.27. The van der Waals surface area contributed by atoms with Crippen molar-refractivity contribution in [1.82, 2.24) is 0 Å². The molecular weight excluding hydrogens is 320 g/mol. The molecule has 3 aromatic rings. The normalized spacial score (nSPS) is 10.6. The van der Waals surface area contributed by atoms with Crippen LogP contribution >= 0.6 is 0 Å². The Labute approximate surface area is 155 Å². The Morgan fingerprint density at radius 2 is 1.42 bits per heavy atom. The van der Waals surface area contributed by atoms with Crippen LogP contribution in [0.25, 0.3) is 11.1 Å². The smallest absolute Gasteiger partial charge is 0.243 e. The number of benzene rings is 3. The average molecular weight is 344 g/mol. The Balaban J connectivity index is 1.70. The van der Waals surface area contributed by atoms with Gasteiger partial charge in [0.2, 0.25) is 5.91 Å². The van der Waals surface area contributed by atoms with Crippen LogP contribution in [0, 0.1) is 0 Å². The summed E-state index contributed by atoms with van der Waals surface area (Å²) in [5.74, 6) is 0.340. The van der Waals surface area contributed by atoms with Crippen LogP contribution in [0.4, 0.5) is 11.4 Å². The molecule has 2 N–H and O–H groups in total. The number of hydrogen-bond donors (Lipinski definition) is 2. The summed E-state index contributed by atoms with van der Waals surface area (Å²) in [4.78, 5) is 12.5. The van der Waals surface area contributed by atoms with E-state index in [-0.39, 0.29) is 12.5 Å². The van der Waals surface area contributed by atoms with Crippen molar-refractivity contribution < 1.29 is 4.79 Å². The number of anilines is 2. The maximum atomic E-state index is 12.5. The number of rotatable bonds is 6. The van der Waals surface area contributed by atoms with E-state index in [1.807, 2.05) is 72.8 Å². The minimum absolute atomic E-state index is 0.0630. The Hall–Kier alpha value is -3.07. The lowest BCUT2D eigenvalue weighted by molar-refractivity contribution is -0.114. The van der Waals surface area contributed by atoms with Crippen molar-refractivity contribution in [2.45, 2.75) is 19.8 Å². The number of amides is 1. The standard InChI is InChI=1S/C23H24N2O/c1-17(2)19-12-6-8-14-21(19)24-16-23(26)25-22-15-9-7-13-20(22)18-10-4-3-5-11-18/h3-15,17,24H,16H2,1-2H3,(H,25,26). The zero-order chi connectivity index (χ0) is 18.4. The van der Waals surface area contributed by atoms with Gasteiger partial charge in [-0.15, -0.1) is 0 Å². The monoisotopic (exact) mass is 344 g/mol. The maximum absolute atomic E-state index is 12.5. The molecule has 3 aromatic carbocycles. The third kappa shape index (κ3) is 4.31. The van der Waals surface area contributed by atoms with Gasteiger partial charge in [0.1, 0.15) is 0 Å². The van der Waals surface area contributed by atoms with Crippen molar-refractivity contribution in [3.63, 3.8) is 0 Å². The van der Waals surface area contributed by atoms with Crippen molar-refractivity contribution in [3.8, 4) is 11.1 Å². The lowest BCUT2D eigenvalue weighted by Gasteiger charge is -2.15. The van der Waals surface area contributed by atoms with Crippen LogP contribution in [0.5, 0.6) is 0 Å². The SMILES string of the molecule is CC(C)c1ccccc1NCC(=O)Nc1ccccc1-c1ccccc1. The van der Waals surface area contributed by atoms with Crippen LogP contribution in [0.3, 0.4) is 0 Å². The quantitative estimate of drug-likeness (QED) is 0.617. The summed E-state index contributed by atoms with van der Waals surface area (Å²) in [5.41, 5.74) is 5.15. The number of nitrogens with one attached hydrogen (secondary N) is 2. The molecule has 0 aliphatic rings. The molecule has 0 heterocycles. The summed E-state index contributed by atoms with van der Waals surface area (Å²) in [5, 5.41) is 6.29. The molecular formula is C23H24N2O. The fourth-order valence-corrected chi connectivity index (χ4v) is 2.99. The van der Waals surface area contributed by atoms with Gasteiger partial charge in [0.15, 0.2) is 0 Å². The van der Waals surface area contributed by atoms with E-state index in [0.717, 1.165) is 22.5 Å². The summed E-state index contributed by atoms with van der Waals surface area (Å²) in [7, 11) is 0. The van der Waals surface area contributed by atoms with Crippen molar-refractivity contribution in [1.29, 1.82) is 0 Å². The van der Waals surface area contributed by atoms with E-state index in [0.29, 0.717) is 5.92 Å². The minimum atomic E-state index is -0.0630. The number of carbonyl (C=O) groups excluding carboxylic acids is 1. The van der Waals surface area contributed by atoms with Gasteiger partial charge in [-0.25, -0.2) is 0 Å². The molecule has 0 aliphatic heterocycles. The third-order valence-electron chi connectivity index (χ3n) is 4.31. The Morgan fingerprint density at radius 1 is 0.808 bits per heavy atom. The second kappa shape index (κ2) is 8.34. The van der Waals surface area contributed by atoms with Gasteiger partial charge in [0.25, 0.3) is 0 Å². The lowest BCUT2D eigenvalue weighted by atomic mass is 10.0. The Kier molecular flexibility index (Phi) is 5.69. The maximum Gasteiger partial charge on any atom is 0.243 e. The van der Waals surface area contributed by atoms with Gasteiger partial charge in [0, 0.05) is 16.9 Å². The zero-order valence-corrected chi connectivity index (χ0v) is 15.2. The molecule has 0 unspecified atom stereocenters. The third-order valence-corrected chi connectivity index (χ3v) is 4.31. The largest absolute Gasteiger partial charge is 0.376 e. The van der Waals surface area contributed by atoms with E-state index >= 15 is 0 Å². The van der Waals surface area contributed by atoms with Gasteiger partial charge in [-0.05, 0) is 29.2 Å². The van der Waals surface area contributed by atoms with E-state index in [9.17, 15) is 4.79 Å². The molecule has 0 saturated heterocycles. The van der Waals surface area contributed by atoms with Crippen LogP contribution in [-0.4, -0.2) is 12.5 Å². The van der Waals surface area contributed by atoms with Gasteiger partial charge >= 0.3 is 0 Å². The first-order valence-electron chi connectivity index (χ1n) is 8.92. The lowest BCUT2D eigenvalue weighted by Crippen LogP contribution is -2.22. The van der Waals surface area contributed by atoms with Gasteiger partial charge in [-0.3, -0.25) is 4.79 Å². The highest BCUT2D eigenvalue weighted by Gasteiger charge is 2.10. The Bertz CT molecular complexity index is 872. The van der Waals surface area contributed by atoms with E-state index < -0.39 is 0 Å². The predicted molar refractivity (Wildman–Crippen MR) is 110 cm³/mol. The predicted octanol–water partition coefficient (Wildman–Crippen LogP) is 5.53. The molecule has 0 fully saturated rings. The summed E-state index contributed by atoms with van der Waals surface area (Å²) in [6.07, 6.45) is 0. The van der Waals surface area contributed by atoms with E-state index in [1.54, 1.807) is 0 Å². The van der Waals surface area contributed by atoms with Crippen LogP contribution in [0.2, 0.25) is 0 Å². The van der Waals surface area contributed by atoms with Crippen molar-refractivity contribution in [2.75, 3.05) is 17.2 Å². The van der Waals surface area contributed by atoms with Crippen molar-refractivity contribution >= 4 is 17.3 Å². The molecule has 0 aromatic heterocycles. The molecule has 3 nitrogen and oxygen atoms in total. The highest BCUT2D eigenvalue weighted by atomic mass is 16.1. The highest BCUT2D eigenvalue weighted by molar-refractivity contribution is 5.97. The molecule has 1 amide bonds. The number of carbonyl (C=O) groups is 1. The molecule has 0 saturated carbocycles. The van der Waals surface area contributed by atoms with E-state index in [4.69, 9.17) is 0 Å². The number of hydrogen-bond acceptors (Lipinski definition) is 2. The topological polar surface area (TPSA) is 41.1 Å². The average Bonchev–Trinajstić information content (AvgIpc) is 2.67. The molecule has 26 heavy (non-hydrogen) atoms. The summed E-state index contributed by atoms with van der Waals surface area (Å²) < 4.78 is 0.